The average molecular weight is 458 g/mol. The molecule has 0 saturated carbocycles. The number of hydrogen-bond acceptors (Lipinski definition) is 6. The van der Waals surface area contributed by atoms with Gasteiger partial charge in [-0.05, 0) is 43.9 Å². The average Bonchev–Trinajstić information content (AvgIpc) is 3.02. The Kier molecular flexibility index (Phi) is 6.82. The third-order valence-electron chi connectivity index (χ3n) is 5.35. The number of hydrogen-bond donors (Lipinski definition) is 1. The SMILES string of the molecule is CN(C)CCN1C(=O)C(=O)/C(=C(/O)c2ccc(S(=O)(=O)N(C)C)cc2)[C@H]1c1ccccc1. The summed E-state index contributed by atoms with van der Waals surface area (Å²) in [5, 5.41) is 11.0. The van der Waals surface area contributed by atoms with Gasteiger partial charge >= 0.3 is 0 Å². The summed E-state index contributed by atoms with van der Waals surface area (Å²) in [6, 6.07) is 13.9. The largest absolute Gasteiger partial charge is 0.507 e. The van der Waals surface area contributed by atoms with Gasteiger partial charge in [-0.25, -0.2) is 12.7 Å². The van der Waals surface area contributed by atoms with Crippen molar-refractivity contribution < 1.29 is 23.1 Å². The number of Topliss-reactive ketones (excluding diaryl/α,β-unsaturated/α-hetero) is 1. The lowest BCUT2D eigenvalue weighted by molar-refractivity contribution is -0.140. The molecule has 0 bridgehead atoms. The number of aliphatic hydroxyl groups excluding tert-OH is 1. The second kappa shape index (κ2) is 9.23. The van der Waals surface area contributed by atoms with E-state index in [0.717, 1.165) is 4.31 Å². The van der Waals surface area contributed by atoms with Crippen molar-refractivity contribution >= 4 is 27.5 Å². The van der Waals surface area contributed by atoms with Crippen molar-refractivity contribution in [2.45, 2.75) is 10.9 Å². The highest BCUT2D eigenvalue weighted by atomic mass is 32.2. The van der Waals surface area contributed by atoms with Crippen LogP contribution in [0.25, 0.3) is 5.76 Å². The predicted molar refractivity (Wildman–Crippen MR) is 121 cm³/mol. The number of aliphatic hydroxyl groups is 1. The number of likely N-dealkylation sites (N-methyl/N-ethyl adjacent to an activating group) is 1. The highest BCUT2D eigenvalue weighted by Gasteiger charge is 2.45. The Bertz CT molecular complexity index is 1140. The Balaban J connectivity index is 2.10. The lowest BCUT2D eigenvalue weighted by Gasteiger charge is -2.26. The molecule has 0 aliphatic carbocycles. The number of amides is 1. The van der Waals surface area contributed by atoms with Crippen LogP contribution >= 0.6 is 0 Å². The monoisotopic (exact) mass is 457 g/mol. The van der Waals surface area contributed by atoms with Gasteiger partial charge in [0.15, 0.2) is 0 Å². The molecule has 1 amide bonds. The fraction of sp³-hybridized carbons (Fsp3) is 0.304. The zero-order valence-electron chi connectivity index (χ0n) is 18.5. The fourth-order valence-corrected chi connectivity index (χ4v) is 4.45. The minimum absolute atomic E-state index is 0.0110. The number of benzene rings is 2. The van der Waals surface area contributed by atoms with Crippen LogP contribution in [0.4, 0.5) is 0 Å². The minimum atomic E-state index is -3.63. The van der Waals surface area contributed by atoms with Gasteiger partial charge in [-0.15, -0.1) is 0 Å². The summed E-state index contributed by atoms with van der Waals surface area (Å²) < 4.78 is 25.7. The van der Waals surface area contributed by atoms with Crippen LogP contribution in [-0.2, 0) is 19.6 Å². The maximum atomic E-state index is 12.9. The molecule has 8 nitrogen and oxygen atoms in total. The van der Waals surface area contributed by atoms with E-state index in [-0.39, 0.29) is 21.8 Å². The Morgan fingerprint density at radius 1 is 0.969 bits per heavy atom. The van der Waals surface area contributed by atoms with E-state index in [1.165, 1.54) is 43.3 Å². The molecule has 3 rings (SSSR count). The summed E-state index contributed by atoms with van der Waals surface area (Å²) in [5.74, 6) is -1.77. The Labute approximate surface area is 188 Å². The van der Waals surface area contributed by atoms with Crippen molar-refractivity contribution in [3.05, 3.63) is 71.3 Å². The van der Waals surface area contributed by atoms with E-state index in [9.17, 15) is 23.1 Å². The normalized spacial score (nSPS) is 18.7. The molecule has 0 aromatic heterocycles. The van der Waals surface area contributed by atoms with Crippen molar-refractivity contribution in [1.82, 2.24) is 14.1 Å². The van der Waals surface area contributed by atoms with Crippen molar-refractivity contribution in [3.63, 3.8) is 0 Å². The fourth-order valence-electron chi connectivity index (χ4n) is 3.55. The molecular formula is C23H27N3O5S. The van der Waals surface area contributed by atoms with Gasteiger partial charge in [0.1, 0.15) is 5.76 Å². The van der Waals surface area contributed by atoms with Gasteiger partial charge in [-0.1, -0.05) is 30.3 Å². The smallest absolute Gasteiger partial charge is 0.295 e. The number of nitrogens with zero attached hydrogens (tertiary/aromatic N) is 3. The van der Waals surface area contributed by atoms with Crippen molar-refractivity contribution in [1.29, 1.82) is 0 Å². The molecule has 2 aromatic carbocycles. The van der Waals surface area contributed by atoms with E-state index < -0.39 is 27.8 Å². The van der Waals surface area contributed by atoms with Gasteiger partial charge in [-0.3, -0.25) is 9.59 Å². The number of sulfonamides is 1. The standard InChI is InChI=1S/C23H27N3O5S/c1-24(2)14-15-26-20(16-8-6-5-7-9-16)19(22(28)23(26)29)21(27)17-10-12-18(13-11-17)32(30,31)25(3)4/h5-13,20,27H,14-15H2,1-4H3/b21-19+/t20-/m1/s1. The van der Waals surface area contributed by atoms with Gasteiger partial charge in [-0.2, -0.15) is 0 Å². The summed E-state index contributed by atoms with van der Waals surface area (Å²) in [6.07, 6.45) is 0. The maximum Gasteiger partial charge on any atom is 0.295 e. The van der Waals surface area contributed by atoms with Crippen LogP contribution in [0.3, 0.4) is 0 Å². The van der Waals surface area contributed by atoms with Crippen LogP contribution in [-0.4, -0.2) is 80.6 Å². The lowest BCUT2D eigenvalue weighted by atomic mass is 9.95. The quantitative estimate of drug-likeness (QED) is 0.388. The van der Waals surface area contributed by atoms with E-state index in [4.69, 9.17) is 0 Å². The van der Waals surface area contributed by atoms with Gasteiger partial charge < -0.3 is 14.9 Å². The number of rotatable bonds is 7. The molecule has 1 atom stereocenters. The van der Waals surface area contributed by atoms with Gasteiger partial charge in [0.2, 0.25) is 10.0 Å². The first-order valence-electron chi connectivity index (χ1n) is 10.1. The number of ketones is 1. The first-order valence-corrected chi connectivity index (χ1v) is 11.5. The molecular weight excluding hydrogens is 430 g/mol. The molecule has 0 unspecified atom stereocenters. The van der Waals surface area contributed by atoms with Crippen LogP contribution in [0.15, 0.2) is 65.1 Å². The Morgan fingerprint density at radius 2 is 1.56 bits per heavy atom. The zero-order chi connectivity index (χ0) is 23.6. The zero-order valence-corrected chi connectivity index (χ0v) is 19.3. The summed E-state index contributed by atoms with van der Waals surface area (Å²) in [6.45, 7) is 0.863. The molecule has 170 valence electrons. The molecule has 32 heavy (non-hydrogen) atoms. The summed E-state index contributed by atoms with van der Waals surface area (Å²) in [4.78, 5) is 29.2. The van der Waals surface area contributed by atoms with Crippen molar-refractivity contribution in [2.24, 2.45) is 0 Å². The molecule has 1 N–H and O–H groups in total. The van der Waals surface area contributed by atoms with Gasteiger partial charge in [0.25, 0.3) is 11.7 Å². The highest BCUT2D eigenvalue weighted by molar-refractivity contribution is 7.89. The molecule has 1 aliphatic rings. The number of carbonyl (C=O) groups excluding carboxylic acids is 2. The lowest BCUT2D eigenvalue weighted by Crippen LogP contribution is -2.35. The molecule has 0 radical (unpaired) electrons. The Morgan fingerprint density at radius 3 is 2.09 bits per heavy atom. The van der Waals surface area contributed by atoms with E-state index in [0.29, 0.717) is 18.7 Å². The van der Waals surface area contributed by atoms with Crippen molar-refractivity contribution in [2.75, 3.05) is 41.3 Å². The van der Waals surface area contributed by atoms with E-state index >= 15 is 0 Å². The second-order valence-electron chi connectivity index (χ2n) is 8.02. The summed E-state index contributed by atoms with van der Waals surface area (Å²) in [7, 11) is 2.97. The molecule has 0 spiro atoms. The maximum absolute atomic E-state index is 12.9. The number of likely N-dealkylation sites (tertiary alicyclic amines) is 1. The van der Waals surface area contributed by atoms with E-state index in [1.54, 1.807) is 12.1 Å². The Hall–Kier alpha value is -3.01. The van der Waals surface area contributed by atoms with E-state index in [2.05, 4.69) is 0 Å². The third kappa shape index (κ3) is 4.45. The van der Waals surface area contributed by atoms with Crippen LogP contribution in [0.1, 0.15) is 17.2 Å². The molecule has 1 saturated heterocycles. The van der Waals surface area contributed by atoms with Crippen LogP contribution in [0.5, 0.6) is 0 Å². The molecule has 9 heteroatoms. The topological polar surface area (TPSA) is 98.2 Å². The highest BCUT2D eigenvalue weighted by Crippen LogP contribution is 2.39. The van der Waals surface area contributed by atoms with Crippen LogP contribution in [0.2, 0.25) is 0 Å². The minimum Gasteiger partial charge on any atom is -0.507 e. The predicted octanol–water partition coefficient (Wildman–Crippen LogP) is 1.92. The molecule has 1 heterocycles. The van der Waals surface area contributed by atoms with Crippen LogP contribution in [0, 0.1) is 0 Å². The number of carbonyl (C=O) groups is 2. The third-order valence-corrected chi connectivity index (χ3v) is 7.18. The summed E-state index contributed by atoms with van der Waals surface area (Å²) >= 11 is 0. The molecule has 1 aliphatic heterocycles. The van der Waals surface area contributed by atoms with Crippen molar-refractivity contribution in [3.8, 4) is 0 Å². The van der Waals surface area contributed by atoms with Gasteiger partial charge in [0, 0.05) is 32.7 Å². The van der Waals surface area contributed by atoms with E-state index in [1.807, 2.05) is 37.2 Å². The second-order valence-corrected chi connectivity index (χ2v) is 10.2. The molecule has 1 fully saturated rings. The first-order chi connectivity index (χ1) is 15.1. The van der Waals surface area contributed by atoms with Crippen LogP contribution < -0.4 is 0 Å². The molecule has 2 aromatic rings. The van der Waals surface area contributed by atoms with Gasteiger partial charge in [0.05, 0.1) is 16.5 Å². The summed E-state index contributed by atoms with van der Waals surface area (Å²) in [5.41, 5.74) is 0.955. The first kappa shape index (κ1) is 23.6.